The number of para-hydroxylation sites is 4. The monoisotopic (exact) mass is 1060 g/mol. The lowest BCUT2D eigenvalue weighted by atomic mass is 9.83. The molecule has 0 atom stereocenters. The first kappa shape index (κ1) is 47.7. The Labute approximate surface area is 486 Å². The molecule has 17 aromatic rings. The maximum absolute atomic E-state index is 2.46. The SMILES string of the molecule is c1ccc(-c2c3ccccc3c(-c3ccc(-c4ccc5c(c4)c4ccccc4n5-c4ccccc4)cc3)c3cc(-c4ccc5c(-c6ccc(-n7c8ccccc8c8ccccc87)cc6)c6ccccc6c(-c6ccccc6)c5c4)ccc23)cc1. The zero-order chi connectivity index (χ0) is 55.2. The second-order valence-electron chi connectivity index (χ2n) is 22.3. The van der Waals surface area contributed by atoms with Gasteiger partial charge >= 0.3 is 0 Å². The van der Waals surface area contributed by atoms with Crippen LogP contribution in [-0.4, -0.2) is 9.13 Å². The number of hydrogen-bond donors (Lipinski definition) is 0. The Hall–Kier alpha value is -11.1. The first-order valence-corrected chi connectivity index (χ1v) is 29.1. The zero-order valence-electron chi connectivity index (χ0n) is 45.9. The number of rotatable bonds is 8. The van der Waals surface area contributed by atoms with Gasteiger partial charge in [-0.3, -0.25) is 0 Å². The minimum absolute atomic E-state index is 1.14. The van der Waals surface area contributed by atoms with Crippen LogP contribution in [0.15, 0.2) is 315 Å². The van der Waals surface area contributed by atoms with E-state index >= 15 is 0 Å². The van der Waals surface area contributed by atoms with Crippen LogP contribution >= 0.6 is 0 Å². The minimum Gasteiger partial charge on any atom is -0.309 e. The third kappa shape index (κ3) is 7.51. The molecule has 15 aromatic carbocycles. The Morgan fingerprint density at radius 1 is 0.143 bits per heavy atom. The first-order valence-electron chi connectivity index (χ1n) is 29.1. The lowest BCUT2D eigenvalue weighted by molar-refractivity contribution is 1.18. The van der Waals surface area contributed by atoms with Crippen LogP contribution in [0.25, 0.3) is 165 Å². The van der Waals surface area contributed by atoms with Gasteiger partial charge in [-0.15, -0.1) is 0 Å². The van der Waals surface area contributed by atoms with Crippen molar-refractivity contribution in [3.63, 3.8) is 0 Å². The summed E-state index contributed by atoms with van der Waals surface area (Å²) in [6.45, 7) is 0. The first-order chi connectivity index (χ1) is 41.7. The van der Waals surface area contributed by atoms with E-state index in [0.29, 0.717) is 0 Å². The Bertz CT molecular complexity index is 5390. The molecular formula is C82H52N2. The summed E-state index contributed by atoms with van der Waals surface area (Å²) < 4.78 is 4.78. The molecule has 390 valence electrons. The molecule has 0 aliphatic rings. The molecule has 2 heteroatoms. The lowest BCUT2D eigenvalue weighted by Gasteiger charge is -2.20. The number of nitrogens with zero attached hydrogens (tertiary/aromatic N) is 2. The molecule has 0 saturated heterocycles. The van der Waals surface area contributed by atoms with Crippen molar-refractivity contribution in [3.05, 3.63) is 315 Å². The van der Waals surface area contributed by atoms with E-state index in [1.165, 1.54) is 153 Å². The fourth-order valence-corrected chi connectivity index (χ4v) is 14.0. The predicted molar refractivity (Wildman–Crippen MR) is 358 cm³/mol. The molecule has 84 heavy (non-hydrogen) atoms. The van der Waals surface area contributed by atoms with Gasteiger partial charge in [0, 0.05) is 32.9 Å². The third-order valence-electron chi connectivity index (χ3n) is 17.7. The normalized spacial score (nSPS) is 11.8. The van der Waals surface area contributed by atoms with Gasteiger partial charge < -0.3 is 9.13 Å². The summed E-state index contributed by atoms with van der Waals surface area (Å²) in [4.78, 5) is 0. The van der Waals surface area contributed by atoms with Gasteiger partial charge in [-0.1, -0.05) is 249 Å². The zero-order valence-corrected chi connectivity index (χ0v) is 45.9. The van der Waals surface area contributed by atoms with Crippen LogP contribution in [0.4, 0.5) is 0 Å². The van der Waals surface area contributed by atoms with E-state index in [1.807, 2.05) is 0 Å². The highest BCUT2D eigenvalue weighted by molar-refractivity contribution is 6.24. The minimum atomic E-state index is 1.14. The number of hydrogen-bond acceptors (Lipinski definition) is 0. The van der Waals surface area contributed by atoms with Gasteiger partial charge in [0.1, 0.15) is 0 Å². The van der Waals surface area contributed by atoms with Crippen LogP contribution in [0.3, 0.4) is 0 Å². The van der Waals surface area contributed by atoms with Crippen LogP contribution in [0.1, 0.15) is 0 Å². The van der Waals surface area contributed by atoms with Gasteiger partial charge in [0.05, 0.1) is 22.1 Å². The van der Waals surface area contributed by atoms with Crippen LogP contribution in [-0.2, 0) is 0 Å². The summed E-state index contributed by atoms with van der Waals surface area (Å²) in [6.07, 6.45) is 0. The summed E-state index contributed by atoms with van der Waals surface area (Å²) in [6, 6.07) is 117. The van der Waals surface area contributed by atoms with Crippen molar-refractivity contribution < 1.29 is 0 Å². The van der Waals surface area contributed by atoms with Crippen molar-refractivity contribution in [3.8, 4) is 78.1 Å². The van der Waals surface area contributed by atoms with Crippen molar-refractivity contribution in [2.75, 3.05) is 0 Å². The molecule has 2 heterocycles. The van der Waals surface area contributed by atoms with Crippen molar-refractivity contribution in [1.82, 2.24) is 9.13 Å². The van der Waals surface area contributed by atoms with E-state index in [2.05, 4.69) is 325 Å². The molecule has 2 nitrogen and oxygen atoms in total. The Kier molecular flexibility index (Phi) is 11.0. The van der Waals surface area contributed by atoms with Gasteiger partial charge in [-0.25, -0.2) is 0 Å². The van der Waals surface area contributed by atoms with Gasteiger partial charge in [-0.2, -0.15) is 0 Å². The smallest absolute Gasteiger partial charge is 0.0541 e. The number of aromatic nitrogens is 2. The van der Waals surface area contributed by atoms with E-state index in [9.17, 15) is 0 Å². The van der Waals surface area contributed by atoms with E-state index in [1.54, 1.807) is 0 Å². The average molecular weight is 1070 g/mol. The predicted octanol–water partition coefficient (Wildman–Crippen LogP) is 22.5. The molecule has 17 rings (SSSR count). The Morgan fingerprint density at radius 2 is 0.405 bits per heavy atom. The highest BCUT2D eigenvalue weighted by Crippen LogP contribution is 2.49. The van der Waals surface area contributed by atoms with Crippen LogP contribution in [0.2, 0.25) is 0 Å². The fraction of sp³-hybridized carbons (Fsp3) is 0. The average Bonchev–Trinajstić information content (AvgIpc) is 2.86. The van der Waals surface area contributed by atoms with E-state index in [-0.39, 0.29) is 0 Å². The topological polar surface area (TPSA) is 9.86 Å². The van der Waals surface area contributed by atoms with Crippen LogP contribution in [0, 0.1) is 0 Å². The van der Waals surface area contributed by atoms with E-state index in [0.717, 1.165) is 11.4 Å². The molecule has 0 saturated carbocycles. The summed E-state index contributed by atoms with van der Waals surface area (Å²) in [5, 5.41) is 14.9. The van der Waals surface area contributed by atoms with Gasteiger partial charge in [0.2, 0.25) is 0 Å². The number of fused-ring (bicyclic) bond motifs is 10. The third-order valence-corrected chi connectivity index (χ3v) is 17.7. The molecule has 0 aliphatic carbocycles. The van der Waals surface area contributed by atoms with Gasteiger partial charge in [0.15, 0.2) is 0 Å². The molecule has 2 aromatic heterocycles. The van der Waals surface area contributed by atoms with E-state index in [4.69, 9.17) is 0 Å². The van der Waals surface area contributed by atoms with Crippen LogP contribution in [0.5, 0.6) is 0 Å². The highest BCUT2D eigenvalue weighted by atomic mass is 15.0. The molecule has 0 fully saturated rings. The summed E-state index contributed by atoms with van der Waals surface area (Å²) >= 11 is 0. The summed E-state index contributed by atoms with van der Waals surface area (Å²) in [7, 11) is 0. The van der Waals surface area contributed by atoms with Gasteiger partial charge in [0.25, 0.3) is 0 Å². The molecule has 0 radical (unpaired) electrons. The van der Waals surface area contributed by atoms with Crippen molar-refractivity contribution in [1.29, 1.82) is 0 Å². The van der Waals surface area contributed by atoms with Crippen molar-refractivity contribution in [2.24, 2.45) is 0 Å². The second kappa shape index (κ2) is 19.3. The largest absolute Gasteiger partial charge is 0.309 e. The molecule has 0 aliphatic heterocycles. The maximum Gasteiger partial charge on any atom is 0.0541 e. The molecule has 0 unspecified atom stereocenters. The number of benzene rings is 15. The van der Waals surface area contributed by atoms with Crippen LogP contribution < -0.4 is 0 Å². The standard InChI is InChI=1S/C82H52N2/c1-4-20-54(21-5-1)79-66-29-10-13-32-69(66)82(56-38-36-53(37-39-56)58-44-49-78-72(50-58)65-28-16-19-35-77(65)83(78)61-24-8-3-9-25-61)74-52-60(42-47-70(74)79)59-43-48-71-73(51-59)81(55-22-6-2-7-23-55)68-31-12-11-30-67(68)80(71)57-40-45-62(46-41-57)84-75-33-17-14-26-63(75)64-27-15-18-34-76(64)84/h1-52H. The fourth-order valence-electron chi connectivity index (χ4n) is 14.0. The molecule has 0 N–H and O–H groups in total. The Balaban J connectivity index is 0.843. The second-order valence-corrected chi connectivity index (χ2v) is 22.3. The molecule has 0 spiro atoms. The lowest BCUT2D eigenvalue weighted by Crippen LogP contribution is -1.95. The van der Waals surface area contributed by atoms with E-state index < -0.39 is 0 Å². The summed E-state index contributed by atoms with van der Waals surface area (Å²) in [5.41, 5.74) is 21.6. The molecular weight excluding hydrogens is 1010 g/mol. The van der Waals surface area contributed by atoms with Crippen molar-refractivity contribution in [2.45, 2.75) is 0 Å². The highest BCUT2D eigenvalue weighted by Gasteiger charge is 2.22. The Morgan fingerprint density at radius 3 is 0.857 bits per heavy atom. The van der Waals surface area contributed by atoms with Crippen molar-refractivity contribution >= 4 is 86.7 Å². The van der Waals surface area contributed by atoms with Gasteiger partial charge in [-0.05, 0) is 177 Å². The quantitative estimate of drug-likeness (QED) is 0.134. The molecule has 0 bridgehead atoms. The summed E-state index contributed by atoms with van der Waals surface area (Å²) in [5.74, 6) is 0. The maximum atomic E-state index is 2.46. The molecule has 0 amide bonds.